The molecule has 4 aromatic rings. The van der Waals surface area contributed by atoms with Crippen LogP contribution >= 0.6 is 22.7 Å². The molecule has 43 heavy (non-hydrogen) atoms. The standard InChI is InChI=1S/C33H34N6O2S2/c1-16-24-28(22-8-6-10-42-22)27-19(34-30(24)37-36-16)13-33(5,15-21(27)41)39-17(2)25-29(23-9-7-11-43-23)26-18(35-31(25)38-39)12-32(3,4)14-20(26)40/h6-11,28-29H,12-15H2,1-5H3,(H,35,38)(H2,34,36,37)/t28-,29+,33?/m0/s1. The third kappa shape index (κ3) is 3.92. The Bertz CT molecular complexity index is 1890. The highest BCUT2D eigenvalue weighted by molar-refractivity contribution is 7.10. The minimum Gasteiger partial charge on any atom is -0.342 e. The number of ketones is 2. The summed E-state index contributed by atoms with van der Waals surface area (Å²) in [6.07, 6.45) is 2.29. The van der Waals surface area contributed by atoms with E-state index in [2.05, 4.69) is 82.2 Å². The Labute approximate surface area is 258 Å². The molecule has 3 N–H and O–H groups in total. The molecule has 0 saturated carbocycles. The number of nitrogens with zero attached hydrogens (tertiary/aromatic N) is 3. The maximum Gasteiger partial charge on any atom is 0.164 e. The van der Waals surface area contributed by atoms with Crippen molar-refractivity contribution in [1.29, 1.82) is 0 Å². The predicted molar refractivity (Wildman–Crippen MR) is 170 cm³/mol. The van der Waals surface area contributed by atoms with Gasteiger partial charge in [-0.1, -0.05) is 26.0 Å². The Morgan fingerprint density at radius 1 is 0.814 bits per heavy atom. The zero-order chi connectivity index (χ0) is 29.8. The highest BCUT2D eigenvalue weighted by atomic mass is 32.1. The van der Waals surface area contributed by atoms with Gasteiger partial charge in [-0.3, -0.25) is 19.4 Å². The van der Waals surface area contributed by atoms with Gasteiger partial charge in [0.2, 0.25) is 0 Å². The number of nitrogens with one attached hydrogen (secondary N) is 3. The number of rotatable bonds is 3. The van der Waals surface area contributed by atoms with E-state index in [0.717, 1.165) is 72.9 Å². The molecule has 3 atom stereocenters. The first-order chi connectivity index (χ1) is 20.5. The third-order valence-electron chi connectivity index (χ3n) is 9.66. The summed E-state index contributed by atoms with van der Waals surface area (Å²) in [5.41, 5.74) is 6.97. The van der Waals surface area contributed by atoms with Crippen molar-refractivity contribution in [1.82, 2.24) is 20.0 Å². The van der Waals surface area contributed by atoms with Crippen molar-refractivity contribution in [2.24, 2.45) is 5.41 Å². The number of thiophene rings is 2. The molecule has 0 spiro atoms. The second-order valence-electron chi connectivity index (χ2n) is 13.5. The molecule has 6 heterocycles. The molecule has 1 unspecified atom stereocenters. The van der Waals surface area contributed by atoms with E-state index >= 15 is 0 Å². The number of aryl methyl sites for hydroxylation is 1. The molecule has 0 amide bonds. The van der Waals surface area contributed by atoms with Crippen LogP contribution in [-0.2, 0) is 15.1 Å². The molecule has 2 aliphatic heterocycles. The molecule has 0 saturated heterocycles. The van der Waals surface area contributed by atoms with Crippen LogP contribution in [0.3, 0.4) is 0 Å². The number of aromatic amines is 1. The highest BCUT2D eigenvalue weighted by Crippen LogP contribution is 2.53. The van der Waals surface area contributed by atoms with Gasteiger partial charge in [-0.15, -0.1) is 22.7 Å². The van der Waals surface area contributed by atoms with E-state index in [1.54, 1.807) is 22.7 Å². The normalized spacial score (nSPS) is 26.0. The van der Waals surface area contributed by atoms with Crippen molar-refractivity contribution in [3.05, 3.63) is 89.8 Å². The number of carbonyl (C=O) groups excluding carboxylic acids is 2. The Morgan fingerprint density at radius 3 is 2.07 bits per heavy atom. The second-order valence-corrected chi connectivity index (χ2v) is 15.5. The van der Waals surface area contributed by atoms with Crippen LogP contribution in [0.2, 0.25) is 0 Å². The summed E-state index contributed by atoms with van der Waals surface area (Å²) in [5.74, 6) is 1.63. The Kier molecular flexibility index (Phi) is 5.69. The van der Waals surface area contributed by atoms with E-state index in [9.17, 15) is 9.59 Å². The molecule has 0 radical (unpaired) electrons. The maximum absolute atomic E-state index is 14.3. The van der Waals surface area contributed by atoms with Gasteiger partial charge in [0, 0.05) is 74.1 Å². The van der Waals surface area contributed by atoms with Crippen LogP contribution in [0, 0.1) is 19.3 Å². The molecule has 10 heteroatoms. The maximum atomic E-state index is 14.3. The number of Topliss-reactive ketones (excluding diaryl/α,β-unsaturated/α-hetero) is 2. The molecule has 0 aromatic carbocycles. The minimum atomic E-state index is -0.599. The first-order valence-electron chi connectivity index (χ1n) is 14.8. The van der Waals surface area contributed by atoms with E-state index < -0.39 is 5.54 Å². The summed E-state index contributed by atoms with van der Waals surface area (Å²) in [7, 11) is 0. The number of hydrogen-bond donors (Lipinski definition) is 3. The molecule has 0 fully saturated rings. The van der Waals surface area contributed by atoms with Crippen LogP contribution < -0.4 is 10.6 Å². The van der Waals surface area contributed by atoms with Gasteiger partial charge in [-0.2, -0.15) is 10.2 Å². The molecule has 4 aromatic heterocycles. The fourth-order valence-electron chi connectivity index (χ4n) is 7.94. The number of allylic oxidation sites excluding steroid dienone is 4. The first-order valence-corrected chi connectivity index (χ1v) is 16.6. The smallest absolute Gasteiger partial charge is 0.164 e. The summed E-state index contributed by atoms with van der Waals surface area (Å²) in [5, 5.41) is 24.2. The molecule has 2 aliphatic carbocycles. The summed E-state index contributed by atoms with van der Waals surface area (Å²) in [4.78, 5) is 30.2. The van der Waals surface area contributed by atoms with Crippen LogP contribution in [0.25, 0.3) is 0 Å². The van der Waals surface area contributed by atoms with Crippen molar-refractivity contribution in [3.8, 4) is 0 Å². The average molecular weight is 611 g/mol. The third-order valence-corrected chi connectivity index (χ3v) is 11.5. The van der Waals surface area contributed by atoms with Gasteiger partial charge >= 0.3 is 0 Å². The van der Waals surface area contributed by atoms with Gasteiger partial charge in [-0.25, -0.2) is 0 Å². The fraction of sp³-hybridized carbons (Fsp3) is 0.394. The lowest BCUT2D eigenvalue weighted by Gasteiger charge is -2.40. The van der Waals surface area contributed by atoms with Gasteiger partial charge < -0.3 is 10.6 Å². The molecule has 220 valence electrons. The van der Waals surface area contributed by atoms with Crippen LogP contribution in [0.5, 0.6) is 0 Å². The van der Waals surface area contributed by atoms with E-state index in [4.69, 9.17) is 5.10 Å². The Balaban J connectivity index is 1.24. The molecule has 8 rings (SSSR count). The molecular weight excluding hydrogens is 577 g/mol. The average Bonchev–Trinajstić information content (AvgIpc) is 3.75. The van der Waals surface area contributed by atoms with Crippen molar-refractivity contribution in [2.45, 2.75) is 77.7 Å². The summed E-state index contributed by atoms with van der Waals surface area (Å²) in [6.45, 7) is 10.6. The van der Waals surface area contributed by atoms with Crippen LogP contribution in [0.1, 0.15) is 90.6 Å². The van der Waals surface area contributed by atoms with Crippen molar-refractivity contribution < 1.29 is 9.59 Å². The van der Waals surface area contributed by atoms with E-state index in [0.29, 0.717) is 19.3 Å². The molecule has 0 bridgehead atoms. The number of carbonyl (C=O) groups is 2. The first kappa shape index (κ1) is 26.8. The Hall–Kier alpha value is -3.76. The number of anilines is 2. The number of fused-ring (bicyclic) bond motifs is 2. The van der Waals surface area contributed by atoms with Crippen molar-refractivity contribution >= 4 is 45.9 Å². The zero-order valence-electron chi connectivity index (χ0n) is 24.9. The van der Waals surface area contributed by atoms with E-state index in [1.165, 1.54) is 0 Å². The SMILES string of the molecule is Cc1[nH]nc2c1[C@H](c1cccs1)C1=C(CC(C)(n3nc4c(c3C)[C@@H](c3cccs3)C3=C(CC(C)(C)CC3=O)N4)CC1=O)N2. The predicted octanol–water partition coefficient (Wildman–Crippen LogP) is 7.14. The van der Waals surface area contributed by atoms with Crippen molar-refractivity contribution in [2.75, 3.05) is 10.6 Å². The van der Waals surface area contributed by atoms with Gasteiger partial charge in [-0.05, 0) is 55.5 Å². The van der Waals surface area contributed by atoms with Crippen molar-refractivity contribution in [3.63, 3.8) is 0 Å². The van der Waals surface area contributed by atoms with Gasteiger partial charge in [0.25, 0.3) is 0 Å². The monoisotopic (exact) mass is 610 g/mol. The van der Waals surface area contributed by atoms with Gasteiger partial charge in [0.05, 0.1) is 17.4 Å². The lowest BCUT2D eigenvalue weighted by atomic mass is 9.70. The number of hydrogen-bond acceptors (Lipinski definition) is 8. The van der Waals surface area contributed by atoms with Crippen LogP contribution in [0.4, 0.5) is 11.6 Å². The molecule has 4 aliphatic rings. The summed E-state index contributed by atoms with van der Waals surface area (Å²) in [6, 6.07) is 8.34. The van der Waals surface area contributed by atoms with Gasteiger partial charge in [0.15, 0.2) is 23.2 Å². The van der Waals surface area contributed by atoms with E-state index in [-0.39, 0.29) is 28.8 Å². The lowest BCUT2D eigenvalue weighted by Crippen LogP contribution is -2.42. The molecule has 8 nitrogen and oxygen atoms in total. The number of aromatic nitrogens is 4. The summed E-state index contributed by atoms with van der Waals surface area (Å²) >= 11 is 3.36. The summed E-state index contributed by atoms with van der Waals surface area (Å²) < 4.78 is 2.06. The Morgan fingerprint density at radius 2 is 1.42 bits per heavy atom. The number of H-pyrrole nitrogens is 1. The minimum absolute atomic E-state index is 0.113. The van der Waals surface area contributed by atoms with Gasteiger partial charge in [0.1, 0.15) is 0 Å². The molecular formula is C33H34N6O2S2. The lowest BCUT2D eigenvalue weighted by molar-refractivity contribution is -0.119. The fourth-order valence-corrected chi connectivity index (χ4v) is 9.63. The second kappa shape index (κ2) is 9.12. The van der Waals surface area contributed by atoms with E-state index in [1.807, 2.05) is 13.0 Å². The topological polar surface area (TPSA) is 105 Å². The van der Waals surface area contributed by atoms with Crippen LogP contribution in [0.15, 0.2) is 57.6 Å². The quantitative estimate of drug-likeness (QED) is 0.228. The van der Waals surface area contributed by atoms with Crippen LogP contribution in [-0.4, -0.2) is 31.5 Å². The largest absolute Gasteiger partial charge is 0.342 e. The zero-order valence-corrected chi connectivity index (χ0v) is 26.6. The highest BCUT2D eigenvalue weighted by Gasteiger charge is 2.48.